The van der Waals surface area contributed by atoms with Crippen LogP contribution in [-0.4, -0.2) is 6.92 Å². The van der Waals surface area contributed by atoms with E-state index in [2.05, 4.69) is 30.3 Å². The first-order valence-corrected chi connectivity index (χ1v) is 7.57. The highest BCUT2D eigenvalue weighted by molar-refractivity contribution is 6.52. The predicted molar refractivity (Wildman–Crippen MR) is 74.6 cm³/mol. The van der Waals surface area contributed by atoms with Crippen molar-refractivity contribution in [3.8, 4) is 0 Å². The van der Waals surface area contributed by atoms with Crippen LogP contribution < -0.4 is 0 Å². The minimum Gasteiger partial charge on any atom is -0.429 e. The molecule has 3 unspecified atom stereocenters. The molecule has 0 amide bonds. The maximum absolute atomic E-state index is 6.45. The molecule has 0 aromatic heterocycles. The summed E-state index contributed by atoms with van der Waals surface area (Å²) in [4.78, 5) is 0. The Kier molecular flexibility index (Phi) is 2.72. The lowest BCUT2D eigenvalue weighted by Crippen LogP contribution is -2.40. The SMILES string of the molecule is c1ccc(C2CC3CC4CB(CC(C4)C3)O2)cc1. The van der Waals surface area contributed by atoms with E-state index in [0.717, 1.165) is 17.8 Å². The van der Waals surface area contributed by atoms with Gasteiger partial charge in [-0.05, 0) is 61.6 Å². The van der Waals surface area contributed by atoms with Gasteiger partial charge in [-0.25, -0.2) is 0 Å². The third kappa shape index (κ3) is 2.01. The number of rotatable bonds is 1. The Labute approximate surface area is 110 Å². The molecule has 2 heteroatoms. The van der Waals surface area contributed by atoms with E-state index in [0.29, 0.717) is 13.0 Å². The van der Waals surface area contributed by atoms with E-state index >= 15 is 0 Å². The molecule has 0 radical (unpaired) electrons. The second-order valence-corrected chi connectivity index (χ2v) is 6.67. The molecule has 1 aromatic carbocycles. The molecule has 4 bridgehead atoms. The summed E-state index contributed by atoms with van der Waals surface area (Å²) in [5, 5.41) is 0. The summed E-state index contributed by atoms with van der Waals surface area (Å²) in [7, 11) is 0. The standard InChI is InChI=1S/C16H21BO/c1-2-4-15(5-3-1)16-9-12-6-13-8-14(7-12)11-17(10-13)18-16/h1-5,12-14,16H,6-11H2. The lowest BCUT2D eigenvalue weighted by Gasteiger charge is -2.46. The van der Waals surface area contributed by atoms with Crippen LogP contribution in [0.15, 0.2) is 30.3 Å². The summed E-state index contributed by atoms with van der Waals surface area (Å²) in [5.41, 5.74) is 1.39. The smallest absolute Gasteiger partial charge is 0.294 e. The van der Waals surface area contributed by atoms with Crippen molar-refractivity contribution in [1.29, 1.82) is 0 Å². The monoisotopic (exact) mass is 240 g/mol. The molecule has 3 atom stereocenters. The van der Waals surface area contributed by atoms with Gasteiger partial charge in [-0.15, -0.1) is 0 Å². The molecule has 5 rings (SSSR count). The van der Waals surface area contributed by atoms with Gasteiger partial charge in [0, 0.05) is 0 Å². The minimum atomic E-state index is 0.362. The van der Waals surface area contributed by atoms with Gasteiger partial charge in [-0.3, -0.25) is 0 Å². The Bertz CT molecular complexity index is 386. The Morgan fingerprint density at radius 1 is 0.833 bits per heavy atom. The topological polar surface area (TPSA) is 9.23 Å². The van der Waals surface area contributed by atoms with Crippen molar-refractivity contribution in [3.05, 3.63) is 35.9 Å². The van der Waals surface area contributed by atoms with Crippen LogP contribution in [0.25, 0.3) is 0 Å². The summed E-state index contributed by atoms with van der Waals surface area (Å²) < 4.78 is 6.45. The van der Waals surface area contributed by atoms with Gasteiger partial charge in [0.1, 0.15) is 0 Å². The number of benzene rings is 1. The molecule has 1 nitrogen and oxygen atoms in total. The molecule has 1 aromatic rings. The van der Waals surface area contributed by atoms with E-state index < -0.39 is 0 Å². The summed E-state index contributed by atoms with van der Waals surface area (Å²) in [6.45, 7) is 0.542. The van der Waals surface area contributed by atoms with Crippen molar-refractivity contribution < 1.29 is 4.65 Å². The zero-order chi connectivity index (χ0) is 11.9. The quantitative estimate of drug-likeness (QED) is 0.669. The lowest BCUT2D eigenvalue weighted by molar-refractivity contribution is 0.0812. The molecule has 3 saturated heterocycles. The Morgan fingerprint density at radius 2 is 1.50 bits per heavy atom. The second kappa shape index (κ2) is 4.41. The van der Waals surface area contributed by atoms with Crippen LogP contribution >= 0.6 is 0 Å². The molecule has 94 valence electrons. The summed E-state index contributed by atoms with van der Waals surface area (Å²) in [6.07, 6.45) is 8.72. The van der Waals surface area contributed by atoms with Gasteiger partial charge >= 0.3 is 0 Å². The fourth-order valence-electron chi connectivity index (χ4n) is 4.70. The van der Waals surface area contributed by atoms with E-state index in [1.165, 1.54) is 43.9 Å². The van der Waals surface area contributed by atoms with Gasteiger partial charge in [0.2, 0.25) is 0 Å². The maximum atomic E-state index is 6.45. The van der Waals surface area contributed by atoms with Gasteiger partial charge in [-0.2, -0.15) is 0 Å². The second-order valence-electron chi connectivity index (χ2n) is 6.67. The molecule has 4 aliphatic rings. The van der Waals surface area contributed by atoms with Crippen molar-refractivity contribution in [2.75, 3.05) is 0 Å². The van der Waals surface area contributed by atoms with Crippen LogP contribution in [0.1, 0.15) is 37.4 Å². The zero-order valence-electron chi connectivity index (χ0n) is 10.9. The molecular formula is C16H21BO. The highest BCUT2D eigenvalue weighted by Gasteiger charge is 2.42. The predicted octanol–water partition coefficient (Wildman–Crippen LogP) is 4.19. The van der Waals surface area contributed by atoms with Crippen molar-refractivity contribution in [3.63, 3.8) is 0 Å². The van der Waals surface area contributed by atoms with Crippen LogP contribution in [0, 0.1) is 17.8 Å². The normalized spacial score (nSPS) is 38.6. The number of hydrogen-bond acceptors (Lipinski definition) is 1. The molecular weight excluding hydrogens is 219 g/mol. The zero-order valence-corrected chi connectivity index (χ0v) is 10.9. The van der Waals surface area contributed by atoms with Gasteiger partial charge in [0.15, 0.2) is 0 Å². The van der Waals surface area contributed by atoms with Gasteiger partial charge in [0.05, 0.1) is 6.10 Å². The van der Waals surface area contributed by atoms with Crippen molar-refractivity contribution in [1.82, 2.24) is 0 Å². The average molecular weight is 240 g/mol. The van der Waals surface area contributed by atoms with Crippen LogP contribution in [0.4, 0.5) is 0 Å². The molecule has 1 saturated carbocycles. The molecule has 4 fully saturated rings. The fraction of sp³-hybridized carbons (Fsp3) is 0.625. The lowest BCUT2D eigenvalue weighted by atomic mass is 9.45. The third-order valence-corrected chi connectivity index (χ3v) is 5.27. The molecule has 3 aliphatic heterocycles. The number of fused-ring (bicyclic) bond motifs is 2. The van der Waals surface area contributed by atoms with Gasteiger partial charge < -0.3 is 4.65 Å². The van der Waals surface area contributed by atoms with Crippen molar-refractivity contribution in [2.45, 2.75) is 44.4 Å². The van der Waals surface area contributed by atoms with Gasteiger partial charge in [-0.1, -0.05) is 30.3 Å². The summed E-state index contributed by atoms with van der Waals surface area (Å²) in [5.74, 6) is 2.87. The molecule has 1 aliphatic carbocycles. The highest BCUT2D eigenvalue weighted by Crippen LogP contribution is 2.49. The first kappa shape index (κ1) is 11.1. The first-order valence-electron chi connectivity index (χ1n) is 7.57. The van der Waals surface area contributed by atoms with E-state index in [-0.39, 0.29) is 0 Å². The average Bonchev–Trinajstić information content (AvgIpc) is 2.36. The van der Waals surface area contributed by atoms with Crippen LogP contribution in [0.3, 0.4) is 0 Å². The van der Waals surface area contributed by atoms with E-state index in [9.17, 15) is 0 Å². The van der Waals surface area contributed by atoms with Gasteiger partial charge in [0.25, 0.3) is 6.92 Å². The molecule has 3 heterocycles. The fourth-order valence-corrected chi connectivity index (χ4v) is 4.70. The minimum absolute atomic E-state index is 0.362. The van der Waals surface area contributed by atoms with Crippen LogP contribution in [0.5, 0.6) is 0 Å². The molecule has 18 heavy (non-hydrogen) atoms. The Balaban J connectivity index is 1.60. The Hall–Kier alpha value is -0.755. The van der Waals surface area contributed by atoms with E-state index in [4.69, 9.17) is 4.65 Å². The maximum Gasteiger partial charge on any atom is 0.294 e. The summed E-state index contributed by atoms with van der Waals surface area (Å²) in [6, 6.07) is 10.9. The molecule has 0 N–H and O–H groups in total. The summed E-state index contributed by atoms with van der Waals surface area (Å²) >= 11 is 0. The molecule has 0 spiro atoms. The highest BCUT2D eigenvalue weighted by atomic mass is 16.4. The number of hydrogen-bond donors (Lipinski definition) is 0. The van der Waals surface area contributed by atoms with E-state index in [1.807, 2.05) is 0 Å². The van der Waals surface area contributed by atoms with Crippen LogP contribution in [0.2, 0.25) is 12.6 Å². The third-order valence-electron chi connectivity index (χ3n) is 5.27. The van der Waals surface area contributed by atoms with Crippen molar-refractivity contribution >= 4 is 6.92 Å². The first-order chi connectivity index (χ1) is 8.87. The largest absolute Gasteiger partial charge is 0.429 e. The van der Waals surface area contributed by atoms with Crippen molar-refractivity contribution in [2.24, 2.45) is 17.8 Å². The van der Waals surface area contributed by atoms with E-state index in [1.54, 1.807) is 0 Å². The van der Waals surface area contributed by atoms with Crippen LogP contribution in [-0.2, 0) is 4.65 Å². The Morgan fingerprint density at radius 3 is 2.22 bits per heavy atom.